The topological polar surface area (TPSA) is 72.5 Å². The molecule has 1 aromatic heterocycles. The van der Waals surface area contributed by atoms with Gasteiger partial charge in [-0.05, 0) is 50.2 Å². The molecule has 0 saturated heterocycles. The number of halogens is 1. The summed E-state index contributed by atoms with van der Waals surface area (Å²) in [6.45, 7) is 0.565. The van der Waals surface area contributed by atoms with Gasteiger partial charge in [-0.3, -0.25) is 0 Å². The molecule has 0 aromatic carbocycles. The fraction of sp³-hybridized carbons (Fsp3) is 0.667. The SMILES string of the molecule is I.NC(=NCc1ccnc(OC2CCCC2)c1)NC1CCCCC1. The summed E-state index contributed by atoms with van der Waals surface area (Å²) in [6.07, 6.45) is 13.2. The van der Waals surface area contributed by atoms with Crippen molar-refractivity contribution < 1.29 is 4.74 Å². The monoisotopic (exact) mass is 444 g/mol. The lowest BCUT2D eigenvalue weighted by molar-refractivity contribution is 0.201. The maximum Gasteiger partial charge on any atom is 0.213 e. The van der Waals surface area contributed by atoms with Crippen LogP contribution in [0.3, 0.4) is 0 Å². The van der Waals surface area contributed by atoms with Gasteiger partial charge in [0.15, 0.2) is 5.96 Å². The summed E-state index contributed by atoms with van der Waals surface area (Å²) < 4.78 is 5.94. The predicted molar refractivity (Wildman–Crippen MR) is 108 cm³/mol. The van der Waals surface area contributed by atoms with E-state index >= 15 is 0 Å². The van der Waals surface area contributed by atoms with E-state index in [0.717, 1.165) is 18.4 Å². The smallest absolute Gasteiger partial charge is 0.213 e. The number of nitrogens with zero attached hydrogens (tertiary/aromatic N) is 2. The lowest BCUT2D eigenvalue weighted by atomic mass is 9.96. The molecule has 2 aliphatic carbocycles. The first-order valence-electron chi connectivity index (χ1n) is 8.97. The van der Waals surface area contributed by atoms with Crippen molar-refractivity contribution in [2.75, 3.05) is 0 Å². The molecule has 0 atom stereocenters. The van der Waals surface area contributed by atoms with Gasteiger partial charge >= 0.3 is 0 Å². The van der Waals surface area contributed by atoms with Gasteiger partial charge in [0, 0.05) is 18.3 Å². The molecule has 2 fully saturated rings. The molecule has 2 aliphatic rings. The highest BCUT2D eigenvalue weighted by Crippen LogP contribution is 2.23. The minimum atomic E-state index is 0. The van der Waals surface area contributed by atoms with Crippen molar-refractivity contribution in [3.8, 4) is 5.88 Å². The molecule has 0 amide bonds. The second kappa shape index (κ2) is 10.1. The van der Waals surface area contributed by atoms with E-state index in [2.05, 4.69) is 15.3 Å². The van der Waals surface area contributed by atoms with Crippen LogP contribution in [0.5, 0.6) is 5.88 Å². The highest BCUT2D eigenvalue weighted by Gasteiger charge is 2.17. The van der Waals surface area contributed by atoms with Crippen molar-refractivity contribution in [1.82, 2.24) is 10.3 Å². The zero-order chi connectivity index (χ0) is 15.9. The summed E-state index contributed by atoms with van der Waals surface area (Å²) in [5.41, 5.74) is 7.10. The van der Waals surface area contributed by atoms with Gasteiger partial charge in [-0.1, -0.05) is 19.3 Å². The molecule has 1 heterocycles. The van der Waals surface area contributed by atoms with Gasteiger partial charge in [-0.2, -0.15) is 0 Å². The lowest BCUT2D eigenvalue weighted by Gasteiger charge is -2.23. The number of aliphatic imine (C=N–C) groups is 1. The van der Waals surface area contributed by atoms with Crippen LogP contribution in [0.4, 0.5) is 0 Å². The van der Waals surface area contributed by atoms with Crippen molar-refractivity contribution in [3.05, 3.63) is 23.9 Å². The molecule has 3 rings (SSSR count). The lowest BCUT2D eigenvalue weighted by Crippen LogP contribution is -2.41. The van der Waals surface area contributed by atoms with Crippen LogP contribution >= 0.6 is 24.0 Å². The molecule has 5 nitrogen and oxygen atoms in total. The molecule has 2 saturated carbocycles. The van der Waals surface area contributed by atoms with Crippen LogP contribution in [-0.2, 0) is 6.54 Å². The highest BCUT2D eigenvalue weighted by molar-refractivity contribution is 14.0. The van der Waals surface area contributed by atoms with Crippen LogP contribution in [0.2, 0.25) is 0 Å². The van der Waals surface area contributed by atoms with E-state index in [1.807, 2.05) is 12.1 Å². The summed E-state index contributed by atoms with van der Waals surface area (Å²) in [7, 11) is 0. The number of hydrogen-bond donors (Lipinski definition) is 2. The molecular formula is C18H29IN4O. The Balaban J connectivity index is 0.00000208. The van der Waals surface area contributed by atoms with Crippen LogP contribution in [0.25, 0.3) is 0 Å². The van der Waals surface area contributed by atoms with Gasteiger partial charge in [-0.25, -0.2) is 9.98 Å². The first-order chi connectivity index (χ1) is 11.3. The Bertz CT molecular complexity index is 526. The van der Waals surface area contributed by atoms with Crippen molar-refractivity contribution >= 4 is 29.9 Å². The van der Waals surface area contributed by atoms with Gasteiger partial charge in [-0.15, -0.1) is 24.0 Å². The zero-order valence-corrected chi connectivity index (χ0v) is 16.6. The Morgan fingerprint density at radius 3 is 2.62 bits per heavy atom. The van der Waals surface area contributed by atoms with E-state index in [1.165, 1.54) is 44.9 Å². The van der Waals surface area contributed by atoms with Crippen LogP contribution in [0.15, 0.2) is 23.3 Å². The van der Waals surface area contributed by atoms with Crippen molar-refractivity contribution in [2.45, 2.75) is 76.5 Å². The number of nitrogens with two attached hydrogens (primary N) is 1. The Morgan fingerprint density at radius 1 is 1.17 bits per heavy atom. The summed E-state index contributed by atoms with van der Waals surface area (Å²) in [5.74, 6) is 1.26. The first kappa shape index (κ1) is 19.3. The fourth-order valence-electron chi connectivity index (χ4n) is 3.47. The van der Waals surface area contributed by atoms with E-state index < -0.39 is 0 Å². The molecule has 0 unspecified atom stereocenters. The van der Waals surface area contributed by atoms with Crippen LogP contribution < -0.4 is 15.8 Å². The fourth-order valence-corrected chi connectivity index (χ4v) is 3.47. The first-order valence-corrected chi connectivity index (χ1v) is 8.97. The summed E-state index contributed by atoms with van der Waals surface area (Å²) in [5, 5.41) is 3.34. The third-order valence-corrected chi connectivity index (χ3v) is 4.78. The highest BCUT2D eigenvalue weighted by atomic mass is 127. The maximum atomic E-state index is 6.01. The Labute approximate surface area is 161 Å². The molecule has 0 aliphatic heterocycles. The maximum absolute atomic E-state index is 6.01. The van der Waals surface area contributed by atoms with Crippen molar-refractivity contribution in [3.63, 3.8) is 0 Å². The van der Waals surface area contributed by atoms with Crippen molar-refractivity contribution in [2.24, 2.45) is 10.7 Å². The molecular weight excluding hydrogens is 415 g/mol. The minimum absolute atomic E-state index is 0. The molecule has 0 spiro atoms. The molecule has 134 valence electrons. The third kappa shape index (κ3) is 6.11. The van der Waals surface area contributed by atoms with E-state index in [-0.39, 0.29) is 24.0 Å². The Hall–Kier alpha value is -1.05. The molecule has 1 aromatic rings. The number of pyridine rings is 1. The molecule has 0 bridgehead atoms. The quantitative estimate of drug-likeness (QED) is 0.412. The van der Waals surface area contributed by atoms with E-state index in [1.54, 1.807) is 6.20 Å². The third-order valence-electron chi connectivity index (χ3n) is 4.78. The minimum Gasteiger partial charge on any atom is -0.474 e. The van der Waals surface area contributed by atoms with E-state index in [9.17, 15) is 0 Å². The number of hydrogen-bond acceptors (Lipinski definition) is 3. The molecule has 6 heteroatoms. The molecule has 24 heavy (non-hydrogen) atoms. The van der Waals surface area contributed by atoms with Gasteiger partial charge in [0.05, 0.1) is 6.54 Å². The van der Waals surface area contributed by atoms with Gasteiger partial charge in [0.1, 0.15) is 6.10 Å². The second-order valence-corrected chi connectivity index (χ2v) is 6.71. The van der Waals surface area contributed by atoms with Gasteiger partial charge < -0.3 is 15.8 Å². The zero-order valence-electron chi connectivity index (χ0n) is 14.2. The van der Waals surface area contributed by atoms with Gasteiger partial charge in [0.2, 0.25) is 5.88 Å². The number of ether oxygens (including phenoxy) is 1. The summed E-state index contributed by atoms with van der Waals surface area (Å²) in [4.78, 5) is 8.77. The standard InChI is InChI=1S/C18H28N4O.HI/c19-18(22-15-6-2-1-3-7-15)21-13-14-10-11-20-17(12-14)23-16-8-4-5-9-16;/h10-12,15-16H,1-9,13H2,(H3,19,21,22);1H. The van der Waals surface area contributed by atoms with E-state index in [0.29, 0.717) is 30.5 Å². The van der Waals surface area contributed by atoms with Crippen LogP contribution in [0.1, 0.15) is 63.4 Å². The number of nitrogens with one attached hydrogen (secondary N) is 1. The summed E-state index contributed by atoms with van der Waals surface area (Å²) in [6, 6.07) is 4.44. The predicted octanol–water partition coefficient (Wildman–Crippen LogP) is 3.76. The summed E-state index contributed by atoms with van der Waals surface area (Å²) >= 11 is 0. The van der Waals surface area contributed by atoms with Gasteiger partial charge in [0.25, 0.3) is 0 Å². The Kier molecular flexibility index (Phi) is 8.08. The number of rotatable bonds is 5. The number of guanidine groups is 1. The number of aromatic nitrogens is 1. The second-order valence-electron chi connectivity index (χ2n) is 6.71. The average molecular weight is 444 g/mol. The largest absolute Gasteiger partial charge is 0.474 e. The van der Waals surface area contributed by atoms with Crippen molar-refractivity contribution in [1.29, 1.82) is 0 Å². The van der Waals surface area contributed by atoms with E-state index in [4.69, 9.17) is 10.5 Å². The van der Waals surface area contributed by atoms with Crippen LogP contribution in [0, 0.1) is 0 Å². The molecule has 3 N–H and O–H groups in total. The van der Waals surface area contributed by atoms with Crippen LogP contribution in [-0.4, -0.2) is 23.1 Å². The average Bonchev–Trinajstić information content (AvgIpc) is 3.07. The normalized spacial score (nSPS) is 19.8. The Morgan fingerprint density at radius 2 is 1.88 bits per heavy atom. The molecule has 0 radical (unpaired) electrons.